The van der Waals surface area contributed by atoms with E-state index in [1.54, 1.807) is 36.4 Å². The van der Waals surface area contributed by atoms with Gasteiger partial charge in [-0.05, 0) is 66.1 Å². The molecule has 5 rings (SSSR count). The number of hydrogen-bond acceptors (Lipinski definition) is 5. The summed E-state index contributed by atoms with van der Waals surface area (Å²) in [7, 11) is -3.25. The third-order valence-corrected chi connectivity index (χ3v) is 6.82. The minimum absolute atomic E-state index is 0.256. The van der Waals surface area contributed by atoms with Crippen molar-refractivity contribution in [1.82, 2.24) is 0 Å². The van der Waals surface area contributed by atoms with Crippen molar-refractivity contribution in [3.8, 4) is 11.1 Å². The van der Waals surface area contributed by atoms with Crippen molar-refractivity contribution in [3.05, 3.63) is 83.4 Å². The zero-order valence-corrected chi connectivity index (χ0v) is 18.9. The van der Waals surface area contributed by atoms with Crippen molar-refractivity contribution in [2.24, 2.45) is 4.99 Å². The number of anilines is 1. The molecule has 7 heteroatoms. The van der Waals surface area contributed by atoms with E-state index in [9.17, 15) is 13.5 Å². The van der Waals surface area contributed by atoms with Gasteiger partial charge in [-0.1, -0.05) is 42.8 Å². The van der Waals surface area contributed by atoms with Crippen LogP contribution in [0.5, 0.6) is 0 Å². The molecule has 0 radical (unpaired) electrons. The number of β-amino-alcohol motifs (C(OH)–C–C–N with tert-alkyl or cyclic N) is 1. The molecule has 160 valence electrons. The Balaban J connectivity index is 0.000000325. The molecule has 2 aromatic carbocycles. The number of aliphatic imine (C=N–C) groups is 1. The highest BCUT2D eigenvalue weighted by Gasteiger charge is 2.37. The third-order valence-electron chi connectivity index (χ3n) is 5.44. The predicted octanol–water partition coefficient (Wildman–Crippen LogP) is 4.78. The molecule has 0 saturated heterocycles. The Morgan fingerprint density at radius 2 is 1.45 bits per heavy atom. The number of amidine groups is 1. The van der Waals surface area contributed by atoms with Crippen molar-refractivity contribution < 1.29 is 13.5 Å². The van der Waals surface area contributed by atoms with Gasteiger partial charge in [0.2, 0.25) is 0 Å². The molecule has 1 atom stereocenters. The van der Waals surface area contributed by atoms with Gasteiger partial charge >= 0.3 is 0 Å². The monoisotopic (exact) mass is 454 g/mol. The van der Waals surface area contributed by atoms with Crippen LogP contribution in [0.15, 0.2) is 82.7 Å². The first-order valence-corrected chi connectivity index (χ1v) is 12.2. The Bertz CT molecular complexity index is 1200. The van der Waals surface area contributed by atoms with Crippen LogP contribution in [0, 0.1) is 0 Å². The first kappa shape index (κ1) is 21.6. The number of halogens is 1. The molecular formula is C24H23ClN2O3S. The number of nitrogens with zero attached hydrogens (tertiary/aromatic N) is 2. The highest BCUT2D eigenvalue weighted by atomic mass is 35.5. The number of sulfone groups is 1. The van der Waals surface area contributed by atoms with Crippen molar-refractivity contribution in [2.75, 3.05) is 17.7 Å². The maximum Gasteiger partial charge on any atom is 0.176 e. The second kappa shape index (κ2) is 8.11. The van der Waals surface area contributed by atoms with E-state index >= 15 is 0 Å². The molecule has 1 heterocycles. The summed E-state index contributed by atoms with van der Waals surface area (Å²) in [5.41, 5.74) is 3.28. The molecule has 1 unspecified atom stereocenters. The van der Waals surface area contributed by atoms with Crippen LogP contribution in [-0.2, 0) is 9.84 Å². The minimum atomic E-state index is -3.25. The van der Waals surface area contributed by atoms with Gasteiger partial charge in [0, 0.05) is 22.5 Å². The lowest BCUT2D eigenvalue weighted by Gasteiger charge is -2.23. The minimum Gasteiger partial charge on any atom is -0.368 e. The average Bonchev–Trinajstić information content (AvgIpc) is 3.09. The van der Waals surface area contributed by atoms with E-state index in [0.717, 1.165) is 11.3 Å². The SMILES string of the molecule is CCC1(O)CN(c2ccc(S(C)(=O)=O)cc2)C(c2ccc(Cl)cc2)=N1.c1cc2ccc1-2. The molecule has 0 amide bonds. The van der Waals surface area contributed by atoms with E-state index in [-0.39, 0.29) is 4.90 Å². The van der Waals surface area contributed by atoms with Gasteiger partial charge in [-0.25, -0.2) is 13.4 Å². The topological polar surface area (TPSA) is 70.0 Å². The Labute approximate surface area is 187 Å². The van der Waals surface area contributed by atoms with Crippen molar-refractivity contribution in [2.45, 2.75) is 24.0 Å². The summed E-state index contributed by atoms with van der Waals surface area (Å²) in [6.07, 6.45) is 1.65. The number of hydrogen-bond donors (Lipinski definition) is 1. The van der Waals surface area contributed by atoms with Crippen LogP contribution in [0.3, 0.4) is 0 Å². The fourth-order valence-electron chi connectivity index (χ4n) is 3.38. The molecule has 0 bridgehead atoms. The number of benzene rings is 3. The predicted molar refractivity (Wildman–Crippen MR) is 126 cm³/mol. The van der Waals surface area contributed by atoms with Crippen LogP contribution in [-0.4, -0.2) is 37.9 Å². The van der Waals surface area contributed by atoms with Crippen LogP contribution in [0.4, 0.5) is 5.69 Å². The number of aliphatic hydroxyl groups is 1. The normalized spacial score (nSPS) is 18.8. The largest absolute Gasteiger partial charge is 0.368 e. The van der Waals surface area contributed by atoms with Gasteiger partial charge in [-0.15, -0.1) is 0 Å². The van der Waals surface area contributed by atoms with Crippen LogP contribution in [0.25, 0.3) is 11.1 Å². The van der Waals surface area contributed by atoms with E-state index in [1.807, 2.05) is 24.0 Å². The summed E-state index contributed by atoms with van der Waals surface area (Å²) >= 11 is 5.96. The standard InChI is InChI=1S/C18H19ClN2O3S.C6H4/c1-3-18(22)12-21(15-8-10-16(11-9-15)25(2,23)24)17(20-18)13-4-6-14(19)7-5-13;1-2-6-4-3-5(1)6/h4-11,22H,3,12H2,1-2H3;1-4H. The fraction of sp³-hybridized carbons (Fsp3) is 0.208. The highest BCUT2D eigenvalue weighted by Crippen LogP contribution is 2.31. The van der Waals surface area contributed by atoms with Gasteiger partial charge in [0.1, 0.15) is 5.84 Å². The van der Waals surface area contributed by atoms with E-state index in [4.69, 9.17) is 11.6 Å². The van der Waals surface area contributed by atoms with E-state index in [1.165, 1.54) is 17.4 Å². The molecular weight excluding hydrogens is 432 g/mol. The van der Waals surface area contributed by atoms with Crippen LogP contribution < -0.4 is 4.90 Å². The summed E-state index contributed by atoms with van der Waals surface area (Å²) in [6.45, 7) is 2.18. The van der Waals surface area contributed by atoms with Gasteiger partial charge < -0.3 is 10.0 Å². The maximum atomic E-state index is 11.6. The second-order valence-corrected chi connectivity index (χ2v) is 10.2. The quantitative estimate of drug-likeness (QED) is 0.482. The van der Waals surface area contributed by atoms with Crippen LogP contribution >= 0.6 is 11.6 Å². The van der Waals surface area contributed by atoms with Gasteiger partial charge in [0.05, 0.1) is 11.4 Å². The summed E-state index contributed by atoms with van der Waals surface area (Å²) in [5.74, 6) is 0.633. The summed E-state index contributed by atoms with van der Waals surface area (Å²) in [5, 5.41) is 11.3. The molecule has 0 aromatic heterocycles. The lowest BCUT2D eigenvalue weighted by atomic mass is 9.95. The molecule has 0 saturated carbocycles. The molecule has 2 aliphatic carbocycles. The Morgan fingerprint density at radius 3 is 1.87 bits per heavy atom. The van der Waals surface area contributed by atoms with Gasteiger partial charge in [-0.2, -0.15) is 0 Å². The average molecular weight is 455 g/mol. The summed E-state index contributed by atoms with van der Waals surface area (Å²) < 4.78 is 23.3. The first-order chi connectivity index (χ1) is 14.7. The van der Waals surface area contributed by atoms with Crippen LogP contribution in [0.1, 0.15) is 18.9 Å². The van der Waals surface area contributed by atoms with Crippen molar-refractivity contribution in [1.29, 1.82) is 0 Å². The molecule has 5 nitrogen and oxygen atoms in total. The maximum absolute atomic E-state index is 11.6. The molecule has 2 aromatic rings. The fourth-order valence-corrected chi connectivity index (χ4v) is 4.14. The molecule has 0 fully saturated rings. The molecule has 3 aliphatic rings. The zero-order valence-electron chi connectivity index (χ0n) is 17.3. The lowest BCUT2D eigenvalue weighted by Crippen LogP contribution is -2.35. The summed E-state index contributed by atoms with van der Waals surface area (Å²) in [6, 6.07) is 22.3. The van der Waals surface area contributed by atoms with E-state index in [2.05, 4.69) is 29.3 Å². The Morgan fingerprint density at radius 1 is 0.935 bits per heavy atom. The van der Waals surface area contributed by atoms with Gasteiger partial charge in [0.25, 0.3) is 0 Å². The second-order valence-electron chi connectivity index (χ2n) is 7.71. The highest BCUT2D eigenvalue weighted by molar-refractivity contribution is 7.90. The Kier molecular flexibility index (Phi) is 5.64. The van der Waals surface area contributed by atoms with E-state index in [0.29, 0.717) is 23.8 Å². The zero-order chi connectivity index (χ0) is 22.2. The molecule has 31 heavy (non-hydrogen) atoms. The first-order valence-electron chi connectivity index (χ1n) is 9.95. The number of fused-ring (bicyclic) bond motifs is 1. The molecule has 1 N–H and O–H groups in total. The van der Waals surface area contributed by atoms with Crippen LogP contribution in [0.2, 0.25) is 5.02 Å². The van der Waals surface area contributed by atoms with Gasteiger partial charge in [0.15, 0.2) is 15.6 Å². The third kappa shape index (κ3) is 4.51. The lowest BCUT2D eigenvalue weighted by molar-refractivity contribution is 0.0633. The van der Waals surface area contributed by atoms with Crippen molar-refractivity contribution >= 4 is 33.0 Å². The van der Waals surface area contributed by atoms with E-state index < -0.39 is 15.6 Å². The number of rotatable bonds is 4. The summed E-state index contributed by atoms with van der Waals surface area (Å²) in [4.78, 5) is 6.65. The van der Waals surface area contributed by atoms with Crippen molar-refractivity contribution in [3.63, 3.8) is 0 Å². The molecule has 1 aliphatic heterocycles. The van der Waals surface area contributed by atoms with Gasteiger partial charge in [-0.3, -0.25) is 0 Å². The Hall–Kier alpha value is -2.67. The molecule has 0 spiro atoms. The smallest absolute Gasteiger partial charge is 0.176 e.